The number of carbonyl (C=O) groups is 1. The van der Waals surface area contributed by atoms with Crippen molar-refractivity contribution in [1.29, 1.82) is 0 Å². The number of benzene rings is 2. The standard InChI is InChI=1S/C20H20BrF3N2O2/c1-12-2-3-13(10-16(12)21)17-15(19(25)27)5-4-14(18(17)20(22,23)24)11-26-6-8-28-9-7-26/h2-5,10H,6-9,11H2,1H3,(H2,25,27). The average Bonchev–Trinajstić information content (AvgIpc) is 2.63. The molecule has 2 aromatic carbocycles. The third-order valence-electron chi connectivity index (χ3n) is 4.80. The number of ether oxygens (including phenoxy) is 1. The van der Waals surface area contributed by atoms with E-state index in [0.29, 0.717) is 36.3 Å². The number of primary amides is 1. The smallest absolute Gasteiger partial charge is 0.379 e. The number of amides is 1. The summed E-state index contributed by atoms with van der Waals surface area (Å²) in [7, 11) is 0. The number of hydrogen-bond acceptors (Lipinski definition) is 3. The molecular formula is C20H20BrF3N2O2. The lowest BCUT2D eigenvalue weighted by Gasteiger charge is -2.29. The monoisotopic (exact) mass is 456 g/mol. The fourth-order valence-electron chi connectivity index (χ4n) is 3.36. The molecule has 28 heavy (non-hydrogen) atoms. The molecule has 0 bridgehead atoms. The second kappa shape index (κ2) is 8.23. The first kappa shape index (κ1) is 20.8. The summed E-state index contributed by atoms with van der Waals surface area (Å²) >= 11 is 3.36. The third-order valence-corrected chi connectivity index (χ3v) is 5.65. The Morgan fingerprint density at radius 2 is 1.89 bits per heavy atom. The molecule has 1 saturated heterocycles. The predicted molar refractivity (Wildman–Crippen MR) is 104 cm³/mol. The zero-order valence-corrected chi connectivity index (χ0v) is 16.9. The summed E-state index contributed by atoms with van der Waals surface area (Å²) in [6, 6.07) is 7.61. The van der Waals surface area contributed by atoms with E-state index in [0.717, 1.165) is 5.56 Å². The van der Waals surface area contributed by atoms with Gasteiger partial charge < -0.3 is 10.5 Å². The van der Waals surface area contributed by atoms with Crippen molar-refractivity contribution in [3.8, 4) is 11.1 Å². The summed E-state index contributed by atoms with van der Waals surface area (Å²) in [5.41, 5.74) is 5.58. The number of nitrogens with zero attached hydrogens (tertiary/aromatic N) is 1. The number of carbonyl (C=O) groups excluding carboxylic acids is 1. The predicted octanol–water partition coefficient (Wildman–Crippen LogP) is 4.37. The Bertz CT molecular complexity index is 894. The van der Waals surface area contributed by atoms with E-state index in [-0.39, 0.29) is 23.2 Å². The van der Waals surface area contributed by atoms with Crippen molar-refractivity contribution in [2.45, 2.75) is 19.6 Å². The Morgan fingerprint density at radius 3 is 2.46 bits per heavy atom. The van der Waals surface area contributed by atoms with Crippen molar-refractivity contribution in [1.82, 2.24) is 4.90 Å². The first-order chi connectivity index (χ1) is 13.2. The molecule has 0 radical (unpaired) electrons. The zero-order valence-electron chi connectivity index (χ0n) is 15.3. The van der Waals surface area contributed by atoms with Crippen LogP contribution in [0.3, 0.4) is 0 Å². The number of morpholine rings is 1. The minimum atomic E-state index is -4.64. The van der Waals surface area contributed by atoms with Crippen LogP contribution < -0.4 is 5.73 Å². The van der Waals surface area contributed by atoms with Gasteiger partial charge in [-0.25, -0.2) is 0 Å². The summed E-state index contributed by atoms with van der Waals surface area (Å²) in [6.07, 6.45) is -4.64. The maximum Gasteiger partial charge on any atom is 0.417 e. The highest BCUT2D eigenvalue weighted by Crippen LogP contribution is 2.42. The summed E-state index contributed by atoms with van der Waals surface area (Å²) in [5, 5.41) is 0. The molecule has 2 N–H and O–H groups in total. The van der Waals surface area contributed by atoms with E-state index in [1.54, 1.807) is 18.2 Å². The first-order valence-electron chi connectivity index (χ1n) is 8.78. The van der Waals surface area contributed by atoms with Crippen LogP contribution in [0.5, 0.6) is 0 Å². The molecule has 0 aliphatic carbocycles. The Kier molecular flexibility index (Phi) is 6.12. The molecule has 150 valence electrons. The van der Waals surface area contributed by atoms with Gasteiger partial charge in [0, 0.05) is 35.2 Å². The molecule has 1 amide bonds. The van der Waals surface area contributed by atoms with E-state index in [2.05, 4.69) is 15.9 Å². The Morgan fingerprint density at radius 1 is 1.21 bits per heavy atom. The maximum atomic E-state index is 14.2. The molecule has 1 heterocycles. The third kappa shape index (κ3) is 4.39. The minimum Gasteiger partial charge on any atom is -0.379 e. The van der Waals surface area contributed by atoms with Gasteiger partial charge in [-0.1, -0.05) is 34.1 Å². The lowest BCUT2D eigenvalue weighted by Crippen LogP contribution is -2.36. The van der Waals surface area contributed by atoms with Crippen LogP contribution >= 0.6 is 15.9 Å². The van der Waals surface area contributed by atoms with Crippen LogP contribution in [0.1, 0.15) is 27.0 Å². The molecular weight excluding hydrogens is 437 g/mol. The normalized spacial score (nSPS) is 15.6. The van der Waals surface area contributed by atoms with Crippen molar-refractivity contribution in [3.63, 3.8) is 0 Å². The van der Waals surface area contributed by atoms with Crippen molar-refractivity contribution >= 4 is 21.8 Å². The second-order valence-corrected chi connectivity index (χ2v) is 7.59. The molecule has 0 saturated carbocycles. The average molecular weight is 457 g/mol. The quantitative estimate of drug-likeness (QED) is 0.742. The van der Waals surface area contributed by atoms with E-state index in [4.69, 9.17) is 10.5 Å². The van der Waals surface area contributed by atoms with Crippen LogP contribution in [0.15, 0.2) is 34.8 Å². The Labute approximate surface area is 169 Å². The summed E-state index contributed by atoms with van der Waals surface area (Å²) in [5.74, 6) is -0.893. The van der Waals surface area contributed by atoms with E-state index >= 15 is 0 Å². The van der Waals surface area contributed by atoms with Gasteiger partial charge in [0.2, 0.25) is 5.91 Å². The van der Waals surface area contributed by atoms with Gasteiger partial charge in [-0.15, -0.1) is 0 Å². The molecule has 8 heteroatoms. The molecule has 1 fully saturated rings. The van der Waals surface area contributed by atoms with Crippen LogP contribution in [-0.2, 0) is 17.5 Å². The number of hydrogen-bond donors (Lipinski definition) is 1. The largest absolute Gasteiger partial charge is 0.417 e. The van der Waals surface area contributed by atoms with Gasteiger partial charge in [0.25, 0.3) is 0 Å². The number of nitrogens with two attached hydrogens (primary N) is 1. The van der Waals surface area contributed by atoms with Gasteiger partial charge in [-0.3, -0.25) is 9.69 Å². The molecule has 3 rings (SSSR count). The lowest BCUT2D eigenvalue weighted by atomic mass is 9.89. The number of alkyl halides is 3. The molecule has 0 atom stereocenters. The number of halogens is 4. The van der Waals surface area contributed by atoms with Crippen molar-refractivity contribution in [3.05, 3.63) is 57.1 Å². The van der Waals surface area contributed by atoms with Crippen LogP contribution in [0.4, 0.5) is 13.2 Å². The van der Waals surface area contributed by atoms with E-state index < -0.39 is 17.6 Å². The first-order valence-corrected chi connectivity index (χ1v) is 9.57. The fourth-order valence-corrected chi connectivity index (χ4v) is 3.73. The van der Waals surface area contributed by atoms with Crippen molar-refractivity contribution < 1.29 is 22.7 Å². The minimum absolute atomic E-state index is 0.117. The number of rotatable bonds is 4. The van der Waals surface area contributed by atoms with Gasteiger partial charge in [-0.05, 0) is 35.7 Å². The Balaban J connectivity index is 2.22. The van der Waals surface area contributed by atoms with Crippen LogP contribution in [0.25, 0.3) is 11.1 Å². The summed E-state index contributed by atoms with van der Waals surface area (Å²) in [4.78, 5) is 13.9. The van der Waals surface area contributed by atoms with Gasteiger partial charge in [0.1, 0.15) is 0 Å². The van der Waals surface area contributed by atoms with Crippen molar-refractivity contribution in [2.24, 2.45) is 5.73 Å². The summed E-state index contributed by atoms with van der Waals surface area (Å²) in [6.45, 7) is 4.04. The summed E-state index contributed by atoms with van der Waals surface area (Å²) < 4.78 is 48.4. The maximum absolute atomic E-state index is 14.2. The van der Waals surface area contributed by atoms with Crippen LogP contribution in [0, 0.1) is 6.92 Å². The molecule has 1 aliphatic rings. The molecule has 4 nitrogen and oxygen atoms in total. The van der Waals surface area contributed by atoms with Gasteiger partial charge in [-0.2, -0.15) is 13.2 Å². The van der Waals surface area contributed by atoms with Gasteiger partial charge >= 0.3 is 6.18 Å². The van der Waals surface area contributed by atoms with Crippen molar-refractivity contribution in [2.75, 3.05) is 26.3 Å². The Hall–Kier alpha value is -1.90. The molecule has 1 aliphatic heterocycles. The second-order valence-electron chi connectivity index (χ2n) is 6.74. The highest BCUT2D eigenvalue weighted by atomic mass is 79.9. The van der Waals surface area contributed by atoms with Gasteiger partial charge in [0.05, 0.1) is 18.8 Å². The van der Waals surface area contributed by atoms with Crippen LogP contribution in [0.2, 0.25) is 0 Å². The SMILES string of the molecule is Cc1ccc(-c2c(C(N)=O)ccc(CN3CCOCC3)c2C(F)(F)F)cc1Br. The zero-order chi connectivity index (χ0) is 20.5. The molecule has 0 unspecified atom stereocenters. The molecule has 0 aromatic heterocycles. The highest BCUT2D eigenvalue weighted by molar-refractivity contribution is 9.10. The lowest BCUT2D eigenvalue weighted by molar-refractivity contribution is -0.138. The highest BCUT2D eigenvalue weighted by Gasteiger charge is 2.38. The fraction of sp³-hybridized carbons (Fsp3) is 0.350. The van der Waals surface area contributed by atoms with E-state index in [1.807, 2.05) is 11.8 Å². The molecule has 2 aromatic rings. The van der Waals surface area contributed by atoms with E-state index in [1.165, 1.54) is 12.1 Å². The topological polar surface area (TPSA) is 55.6 Å². The van der Waals surface area contributed by atoms with Gasteiger partial charge in [0.15, 0.2) is 0 Å². The molecule has 0 spiro atoms. The number of aryl methyl sites for hydroxylation is 1. The van der Waals surface area contributed by atoms with E-state index in [9.17, 15) is 18.0 Å². The van der Waals surface area contributed by atoms with Crippen LogP contribution in [-0.4, -0.2) is 37.1 Å².